The summed E-state index contributed by atoms with van der Waals surface area (Å²) in [6.07, 6.45) is 8.46. The first-order valence-corrected chi connectivity index (χ1v) is 6.95. The van der Waals surface area contributed by atoms with Crippen LogP contribution in [0.1, 0.15) is 62.2 Å². The predicted molar refractivity (Wildman–Crippen MR) is 69.1 cm³/mol. The van der Waals surface area contributed by atoms with Gasteiger partial charge in [0.2, 0.25) is 0 Å². The predicted octanol–water partition coefficient (Wildman–Crippen LogP) is 2.23. The molecule has 2 heterocycles. The van der Waals surface area contributed by atoms with Crippen LogP contribution in [-0.2, 0) is 16.8 Å². The Labute approximate surface area is 108 Å². The molecule has 98 valence electrons. The quantitative estimate of drug-likeness (QED) is 0.826. The van der Waals surface area contributed by atoms with E-state index in [9.17, 15) is 0 Å². The van der Waals surface area contributed by atoms with Gasteiger partial charge in [0.1, 0.15) is 5.60 Å². The highest BCUT2D eigenvalue weighted by molar-refractivity contribution is 5.25. The summed E-state index contributed by atoms with van der Waals surface area (Å²) >= 11 is 0. The second-order valence-electron chi connectivity index (χ2n) is 5.63. The molecule has 0 aromatic carbocycles. The van der Waals surface area contributed by atoms with Crippen LogP contribution in [0.2, 0.25) is 0 Å². The average molecular weight is 247 g/mol. The zero-order valence-electron chi connectivity index (χ0n) is 11.0. The van der Waals surface area contributed by atoms with Crippen molar-refractivity contribution in [1.82, 2.24) is 9.97 Å². The third-order valence-electron chi connectivity index (χ3n) is 4.17. The molecule has 0 amide bonds. The van der Waals surface area contributed by atoms with Crippen molar-refractivity contribution in [2.24, 2.45) is 5.73 Å². The number of aromatic nitrogens is 2. The van der Waals surface area contributed by atoms with Gasteiger partial charge in [0, 0.05) is 30.1 Å². The summed E-state index contributed by atoms with van der Waals surface area (Å²) < 4.78 is 5.91. The SMILES string of the molecule is CC1(c2ncc3c(n2)CCCC3N)CCCCO1. The smallest absolute Gasteiger partial charge is 0.160 e. The molecule has 3 rings (SSSR count). The number of rotatable bonds is 1. The minimum Gasteiger partial charge on any atom is -0.367 e. The number of hydrogen-bond acceptors (Lipinski definition) is 4. The molecule has 2 atom stereocenters. The first-order chi connectivity index (χ1) is 8.69. The van der Waals surface area contributed by atoms with Crippen LogP contribution in [0.3, 0.4) is 0 Å². The Balaban J connectivity index is 1.94. The van der Waals surface area contributed by atoms with E-state index in [-0.39, 0.29) is 11.6 Å². The van der Waals surface area contributed by atoms with Gasteiger partial charge >= 0.3 is 0 Å². The molecule has 1 aromatic heterocycles. The van der Waals surface area contributed by atoms with Gasteiger partial charge in [-0.3, -0.25) is 0 Å². The molecule has 0 saturated carbocycles. The molecule has 0 radical (unpaired) electrons. The zero-order valence-corrected chi connectivity index (χ0v) is 11.0. The highest BCUT2D eigenvalue weighted by atomic mass is 16.5. The van der Waals surface area contributed by atoms with Crippen molar-refractivity contribution in [3.05, 3.63) is 23.3 Å². The third-order valence-corrected chi connectivity index (χ3v) is 4.17. The summed E-state index contributed by atoms with van der Waals surface area (Å²) in [6.45, 7) is 2.92. The topological polar surface area (TPSA) is 61.0 Å². The first-order valence-electron chi connectivity index (χ1n) is 6.95. The van der Waals surface area contributed by atoms with Gasteiger partial charge < -0.3 is 10.5 Å². The fourth-order valence-corrected chi connectivity index (χ4v) is 2.95. The molecule has 1 saturated heterocycles. The minimum atomic E-state index is -0.297. The molecule has 2 aliphatic rings. The largest absolute Gasteiger partial charge is 0.367 e. The van der Waals surface area contributed by atoms with Crippen molar-refractivity contribution in [2.75, 3.05) is 6.61 Å². The van der Waals surface area contributed by atoms with E-state index in [0.29, 0.717) is 0 Å². The molecule has 2 unspecified atom stereocenters. The summed E-state index contributed by atoms with van der Waals surface area (Å²) in [4.78, 5) is 9.26. The molecule has 2 N–H and O–H groups in total. The van der Waals surface area contributed by atoms with Gasteiger partial charge in [0.15, 0.2) is 5.82 Å². The summed E-state index contributed by atoms with van der Waals surface area (Å²) in [5, 5.41) is 0. The van der Waals surface area contributed by atoms with Crippen molar-refractivity contribution in [1.29, 1.82) is 0 Å². The Morgan fingerprint density at radius 2 is 2.28 bits per heavy atom. The second-order valence-corrected chi connectivity index (χ2v) is 5.63. The Morgan fingerprint density at radius 3 is 3.06 bits per heavy atom. The number of aryl methyl sites for hydroxylation is 1. The molecular weight excluding hydrogens is 226 g/mol. The van der Waals surface area contributed by atoms with E-state index in [1.54, 1.807) is 0 Å². The highest BCUT2D eigenvalue weighted by Crippen LogP contribution is 2.34. The van der Waals surface area contributed by atoms with Gasteiger partial charge in [-0.25, -0.2) is 9.97 Å². The highest BCUT2D eigenvalue weighted by Gasteiger charge is 2.34. The minimum absolute atomic E-state index is 0.114. The van der Waals surface area contributed by atoms with Crippen molar-refractivity contribution in [3.8, 4) is 0 Å². The molecule has 4 nitrogen and oxygen atoms in total. The van der Waals surface area contributed by atoms with Gasteiger partial charge in [-0.05, 0) is 45.4 Å². The van der Waals surface area contributed by atoms with Crippen LogP contribution in [0.25, 0.3) is 0 Å². The molecule has 1 aliphatic carbocycles. The standard InChI is InChI=1S/C14H21N3O/c1-14(7-2-3-8-18-14)13-16-9-10-11(15)5-4-6-12(10)17-13/h9,11H,2-8,15H2,1H3. The van der Waals surface area contributed by atoms with Crippen LogP contribution in [0.5, 0.6) is 0 Å². The lowest BCUT2D eigenvalue weighted by Crippen LogP contribution is -2.33. The van der Waals surface area contributed by atoms with Crippen LogP contribution in [0.15, 0.2) is 6.20 Å². The van der Waals surface area contributed by atoms with E-state index in [4.69, 9.17) is 15.5 Å². The van der Waals surface area contributed by atoms with E-state index in [1.165, 1.54) is 6.42 Å². The Hall–Kier alpha value is -1.00. The van der Waals surface area contributed by atoms with Crippen molar-refractivity contribution >= 4 is 0 Å². The van der Waals surface area contributed by atoms with Crippen molar-refractivity contribution in [3.63, 3.8) is 0 Å². The summed E-state index contributed by atoms with van der Waals surface area (Å²) in [6, 6.07) is 0.114. The number of hydrogen-bond donors (Lipinski definition) is 1. The normalized spacial score (nSPS) is 32.0. The average Bonchev–Trinajstić information content (AvgIpc) is 2.39. The third kappa shape index (κ3) is 2.04. The van der Waals surface area contributed by atoms with Gasteiger partial charge in [0.05, 0.1) is 0 Å². The number of nitrogens with zero attached hydrogens (tertiary/aromatic N) is 2. The lowest BCUT2D eigenvalue weighted by atomic mass is 9.91. The van der Waals surface area contributed by atoms with E-state index >= 15 is 0 Å². The summed E-state index contributed by atoms with van der Waals surface area (Å²) in [5.41, 5.74) is 8.06. The zero-order chi connectivity index (χ0) is 12.6. The Kier molecular flexibility index (Phi) is 3.08. The Morgan fingerprint density at radius 1 is 1.39 bits per heavy atom. The van der Waals surface area contributed by atoms with Crippen molar-refractivity contribution in [2.45, 2.75) is 57.1 Å². The number of nitrogens with two attached hydrogens (primary N) is 1. The molecule has 18 heavy (non-hydrogen) atoms. The van der Waals surface area contributed by atoms with Crippen molar-refractivity contribution < 1.29 is 4.74 Å². The Bertz CT molecular complexity index is 441. The monoisotopic (exact) mass is 247 g/mol. The van der Waals surface area contributed by atoms with Crippen LogP contribution < -0.4 is 5.73 Å². The molecular formula is C14H21N3O. The maximum atomic E-state index is 6.10. The van der Waals surface area contributed by atoms with Crippen LogP contribution in [0.4, 0.5) is 0 Å². The number of ether oxygens (including phenoxy) is 1. The maximum Gasteiger partial charge on any atom is 0.160 e. The van der Waals surface area contributed by atoms with Gasteiger partial charge in [0.25, 0.3) is 0 Å². The fourth-order valence-electron chi connectivity index (χ4n) is 2.95. The van der Waals surface area contributed by atoms with E-state index in [2.05, 4.69) is 11.9 Å². The molecule has 4 heteroatoms. The van der Waals surface area contributed by atoms with Crippen LogP contribution in [-0.4, -0.2) is 16.6 Å². The summed E-state index contributed by atoms with van der Waals surface area (Å²) in [7, 11) is 0. The number of fused-ring (bicyclic) bond motifs is 1. The van der Waals surface area contributed by atoms with Crippen LogP contribution >= 0.6 is 0 Å². The van der Waals surface area contributed by atoms with Gasteiger partial charge in [-0.2, -0.15) is 0 Å². The molecule has 1 fully saturated rings. The van der Waals surface area contributed by atoms with E-state index in [0.717, 1.165) is 55.8 Å². The second kappa shape index (κ2) is 4.59. The lowest BCUT2D eigenvalue weighted by molar-refractivity contribution is -0.0762. The molecule has 1 aliphatic heterocycles. The van der Waals surface area contributed by atoms with E-state index in [1.807, 2.05) is 6.20 Å². The maximum absolute atomic E-state index is 6.10. The first kappa shape index (κ1) is 12.1. The van der Waals surface area contributed by atoms with Gasteiger partial charge in [-0.1, -0.05) is 0 Å². The van der Waals surface area contributed by atoms with E-state index < -0.39 is 0 Å². The van der Waals surface area contributed by atoms with Gasteiger partial charge in [-0.15, -0.1) is 0 Å². The van der Waals surface area contributed by atoms with Crippen LogP contribution in [0, 0.1) is 0 Å². The lowest BCUT2D eigenvalue weighted by Gasteiger charge is -2.33. The molecule has 0 spiro atoms. The molecule has 0 bridgehead atoms. The summed E-state index contributed by atoms with van der Waals surface area (Å²) in [5.74, 6) is 0.843. The molecule has 1 aromatic rings. The fraction of sp³-hybridized carbons (Fsp3) is 0.714.